The van der Waals surface area contributed by atoms with E-state index in [9.17, 15) is 0 Å². The zero-order valence-corrected chi connectivity index (χ0v) is 13.3. The van der Waals surface area contributed by atoms with Gasteiger partial charge in [-0.1, -0.05) is 90.7 Å². The molecule has 18 heavy (non-hydrogen) atoms. The van der Waals surface area contributed by atoms with Crippen LogP contribution < -0.4 is 0 Å². The average molecular weight is 252 g/mol. The van der Waals surface area contributed by atoms with Gasteiger partial charge in [-0.3, -0.25) is 0 Å². The van der Waals surface area contributed by atoms with Crippen molar-refractivity contribution in [2.24, 2.45) is 5.92 Å². The van der Waals surface area contributed by atoms with Gasteiger partial charge in [0.05, 0.1) is 0 Å². The van der Waals surface area contributed by atoms with E-state index in [1.807, 2.05) is 0 Å². The molecule has 0 fully saturated rings. The van der Waals surface area contributed by atoms with Gasteiger partial charge in [-0.15, -0.1) is 0 Å². The molecule has 1 unspecified atom stereocenters. The standard InChI is InChI=1S/C18H36/c1-5-7-9-11-12-14-16-18(4)17(3)15-13-10-8-6-2/h18H,3,5-16H2,1-2,4H3. The van der Waals surface area contributed by atoms with Gasteiger partial charge in [-0.2, -0.15) is 0 Å². The van der Waals surface area contributed by atoms with Crippen molar-refractivity contribution >= 4 is 0 Å². The Kier molecular flexibility index (Phi) is 13.0. The zero-order chi connectivity index (χ0) is 13.6. The number of hydrogen-bond acceptors (Lipinski definition) is 0. The van der Waals surface area contributed by atoms with E-state index in [1.54, 1.807) is 0 Å². The van der Waals surface area contributed by atoms with Crippen LogP contribution in [0, 0.1) is 5.92 Å². The van der Waals surface area contributed by atoms with Gasteiger partial charge in [0.2, 0.25) is 0 Å². The van der Waals surface area contributed by atoms with E-state index in [1.165, 1.54) is 82.6 Å². The van der Waals surface area contributed by atoms with E-state index >= 15 is 0 Å². The van der Waals surface area contributed by atoms with Crippen LogP contribution in [0.25, 0.3) is 0 Å². The monoisotopic (exact) mass is 252 g/mol. The highest BCUT2D eigenvalue weighted by Gasteiger charge is 2.06. The average Bonchev–Trinajstić information content (AvgIpc) is 2.38. The van der Waals surface area contributed by atoms with Crippen LogP contribution >= 0.6 is 0 Å². The largest absolute Gasteiger partial charge is 0.0996 e. The van der Waals surface area contributed by atoms with Crippen molar-refractivity contribution in [3.8, 4) is 0 Å². The van der Waals surface area contributed by atoms with E-state index in [0.29, 0.717) is 0 Å². The van der Waals surface area contributed by atoms with Crippen molar-refractivity contribution in [2.45, 2.75) is 97.8 Å². The fourth-order valence-corrected chi connectivity index (χ4v) is 2.46. The molecule has 0 bridgehead atoms. The van der Waals surface area contributed by atoms with Crippen LogP contribution in [-0.4, -0.2) is 0 Å². The molecule has 0 aromatic rings. The van der Waals surface area contributed by atoms with E-state index in [-0.39, 0.29) is 0 Å². The smallest absolute Gasteiger partial charge is 0.0234 e. The number of unbranched alkanes of at least 4 members (excludes halogenated alkanes) is 8. The van der Waals surface area contributed by atoms with Crippen molar-refractivity contribution in [1.82, 2.24) is 0 Å². The first-order valence-corrected chi connectivity index (χ1v) is 8.40. The summed E-state index contributed by atoms with van der Waals surface area (Å²) in [6.45, 7) is 11.2. The molecule has 0 radical (unpaired) electrons. The topological polar surface area (TPSA) is 0 Å². The molecule has 0 spiro atoms. The van der Waals surface area contributed by atoms with Gasteiger partial charge >= 0.3 is 0 Å². The Labute approximate surface area is 116 Å². The maximum absolute atomic E-state index is 4.28. The lowest BCUT2D eigenvalue weighted by atomic mass is 9.92. The molecule has 0 rings (SSSR count). The molecule has 0 saturated heterocycles. The maximum Gasteiger partial charge on any atom is -0.0234 e. The predicted octanol–water partition coefficient (Wildman–Crippen LogP) is 6.90. The highest BCUT2D eigenvalue weighted by atomic mass is 14.1. The second-order valence-electron chi connectivity index (χ2n) is 5.93. The normalized spacial score (nSPS) is 12.6. The summed E-state index contributed by atoms with van der Waals surface area (Å²) in [6.07, 6.45) is 16.5. The molecular formula is C18H36. The number of hydrogen-bond donors (Lipinski definition) is 0. The van der Waals surface area contributed by atoms with Crippen LogP contribution in [0.15, 0.2) is 12.2 Å². The molecule has 0 heteroatoms. The fraction of sp³-hybridized carbons (Fsp3) is 0.889. The summed E-state index contributed by atoms with van der Waals surface area (Å²) in [4.78, 5) is 0. The minimum atomic E-state index is 0.748. The number of rotatable bonds is 13. The Balaban J connectivity index is 3.38. The Morgan fingerprint density at radius 2 is 1.28 bits per heavy atom. The predicted molar refractivity (Wildman–Crippen MR) is 85.1 cm³/mol. The SMILES string of the molecule is C=C(CCCCCC)C(C)CCCCCCCC. The van der Waals surface area contributed by atoms with Crippen molar-refractivity contribution in [1.29, 1.82) is 0 Å². The lowest BCUT2D eigenvalue weighted by Gasteiger charge is -2.14. The summed E-state index contributed by atoms with van der Waals surface area (Å²) in [5.74, 6) is 0.748. The molecule has 0 N–H and O–H groups in total. The first-order valence-electron chi connectivity index (χ1n) is 8.40. The Hall–Kier alpha value is -0.260. The molecule has 108 valence electrons. The van der Waals surface area contributed by atoms with Gasteiger partial charge in [0.15, 0.2) is 0 Å². The molecule has 0 saturated carbocycles. The van der Waals surface area contributed by atoms with Crippen molar-refractivity contribution in [2.75, 3.05) is 0 Å². The summed E-state index contributed by atoms with van der Waals surface area (Å²) < 4.78 is 0. The van der Waals surface area contributed by atoms with Gasteiger partial charge in [0.25, 0.3) is 0 Å². The molecule has 0 aliphatic rings. The van der Waals surface area contributed by atoms with Crippen molar-refractivity contribution < 1.29 is 0 Å². The Bertz CT molecular complexity index is 180. The van der Waals surface area contributed by atoms with Crippen molar-refractivity contribution in [3.63, 3.8) is 0 Å². The van der Waals surface area contributed by atoms with E-state index < -0.39 is 0 Å². The quantitative estimate of drug-likeness (QED) is 0.247. The highest BCUT2D eigenvalue weighted by molar-refractivity contribution is 4.98. The van der Waals surface area contributed by atoms with E-state index in [0.717, 1.165) is 5.92 Å². The third-order valence-corrected chi connectivity index (χ3v) is 4.04. The molecule has 0 aromatic carbocycles. The lowest BCUT2D eigenvalue weighted by Crippen LogP contribution is -1.99. The summed E-state index contributed by atoms with van der Waals surface area (Å²) in [6, 6.07) is 0. The van der Waals surface area contributed by atoms with Gasteiger partial charge in [-0.05, 0) is 25.2 Å². The Morgan fingerprint density at radius 3 is 1.89 bits per heavy atom. The first kappa shape index (κ1) is 17.7. The molecular weight excluding hydrogens is 216 g/mol. The van der Waals surface area contributed by atoms with Crippen LogP contribution in [0.2, 0.25) is 0 Å². The third-order valence-electron chi connectivity index (χ3n) is 4.04. The van der Waals surface area contributed by atoms with Gasteiger partial charge < -0.3 is 0 Å². The summed E-state index contributed by atoms with van der Waals surface area (Å²) in [5, 5.41) is 0. The van der Waals surface area contributed by atoms with Crippen LogP contribution in [0.3, 0.4) is 0 Å². The fourth-order valence-electron chi connectivity index (χ4n) is 2.46. The molecule has 1 atom stereocenters. The van der Waals surface area contributed by atoms with E-state index in [4.69, 9.17) is 0 Å². The second-order valence-corrected chi connectivity index (χ2v) is 5.93. The maximum atomic E-state index is 4.28. The highest BCUT2D eigenvalue weighted by Crippen LogP contribution is 2.22. The Morgan fingerprint density at radius 1 is 0.778 bits per heavy atom. The molecule has 0 nitrogen and oxygen atoms in total. The van der Waals surface area contributed by atoms with Crippen LogP contribution in [-0.2, 0) is 0 Å². The van der Waals surface area contributed by atoms with Crippen LogP contribution in [0.5, 0.6) is 0 Å². The molecule has 0 aromatic heterocycles. The summed E-state index contributed by atoms with van der Waals surface area (Å²) >= 11 is 0. The zero-order valence-electron chi connectivity index (χ0n) is 13.3. The second kappa shape index (κ2) is 13.2. The minimum absolute atomic E-state index is 0.748. The molecule has 0 heterocycles. The summed E-state index contributed by atoms with van der Waals surface area (Å²) in [7, 11) is 0. The minimum Gasteiger partial charge on any atom is -0.0996 e. The van der Waals surface area contributed by atoms with Gasteiger partial charge in [0, 0.05) is 0 Å². The number of allylic oxidation sites excluding steroid dienone is 1. The van der Waals surface area contributed by atoms with Gasteiger partial charge in [-0.25, -0.2) is 0 Å². The first-order chi connectivity index (χ1) is 8.72. The van der Waals surface area contributed by atoms with Crippen LogP contribution in [0.4, 0.5) is 0 Å². The summed E-state index contributed by atoms with van der Waals surface area (Å²) in [5.41, 5.74) is 1.50. The molecule has 0 aliphatic carbocycles. The lowest BCUT2D eigenvalue weighted by molar-refractivity contribution is 0.512. The van der Waals surface area contributed by atoms with E-state index in [2.05, 4.69) is 27.4 Å². The van der Waals surface area contributed by atoms with Gasteiger partial charge in [0.1, 0.15) is 0 Å². The van der Waals surface area contributed by atoms with Crippen molar-refractivity contribution in [3.05, 3.63) is 12.2 Å². The molecule has 0 amide bonds. The third kappa shape index (κ3) is 10.9. The molecule has 0 aliphatic heterocycles. The van der Waals surface area contributed by atoms with Crippen LogP contribution in [0.1, 0.15) is 97.8 Å².